The second-order valence-corrected chi connectivity index (χ2v) is 3.38. The molecule has 2 unspecified atom stereocenters. The summed E-state index contributed by atoms with van der Waals surface area (Å²) in [6.45, 7) is 1.49. The minimum absolute atomic E-state index is 0.333. The highest BCUT2D eigenvalue weighted by Crippen LogP contribution is 2.33. The van der Waals surface area contributed by atoms with Gasteiger partial charge in [0.2, 0.25) is 0 Å². The van der Waals surface area contributed by atoms with Gasteiger partial charge in [-0.15, -0.1) is 0 Å². The van der Waals surface area contributed by atoms with E-state index in [1.165, 1.54) is 19.8 Å². The number of hydrogen-bond acceptors (Lipinski definition) is 1. The summed E-state index contributed by atoms with van der Waals surface area (Å²) in [5.41, 5.74) is 0. The third-order valence-electron chi connectivity index (χ3n) is 2.55. The topological polar surface area (TPSA) is 23.8 Å². The van der Waals surface area contributed by atoms with Crippen LogP contribution in [-0.2, 0) is 0 Å². The van der Waals surface area contributed by atoms with Crippen LogP contribution in [0.1, 0.15) is 32.6 Å². The van der Waals surface area contributed by atoms with E-state index in [0.29, 0.717) is 5.92 Å². The maximum absolute atomic E-state index is 12.8. The molecule has 0 N–H and O–H groups in total. The van der Waals surface area contributed by atoms with E-state index in [1.54, 1.807) is 0 Å². The van der Waals surface area contributed by atoms with Crippen molar-refractivity contribution in [2.45, 2.75) is 38.8 Å². The number of alkyl halides is 1. The van der Waals surface area contributed by atoms with Crippen LogP contribution >= 0.6 is 0 Å². The van der Waals surface area contributed by atoms with Crippen molar-refractivity contribution in [3.63, 3.8) is 0 Å². The summed E-state index contributed by atoms with van der Waals surface area (Å²) in [6, 6.07) is 2.07. The van der Waals surface area contributed by atoms with E-state index in [9.17, 15) is 4.39 Å². The molecular weight excluding hydrogens is 141 g/mol. The van der Waals surface area contributed by atoms with Gasteiger partial charge in [-0.1, -0.05) is 12.8 Å². The molecule has 0 aromatic rings. The van der Waals surface area contributed by atoms with Crippen molar-refractivity contribution in [3.05, 3.63) is 0 Å². The molecule has 0 bridgehead atoms. The van der Waals surface area contributed by atoms with Crippen molar-refractivity contribution in [2.75, 3.05) is 0 Å². The van der Waals surface area contributed by atoms with E-state index in [4.69, 9.17) is 5.26 Å². The second-order valence-electron chi connectivity index (χ2n) is 3.38. The molecule has 0 amide bonds. The molecule has 1 aliphatic rings. The van der Waals surface area contributed by atoms with Crippen molar-refractivity contribution in [3.8, 4) is 6.07 Å². The molecule has 1 rings (SSSR count). The molecule has 0 aliphatic heterocycles. The largest absolute Gasteiger partial charge is 0.246 e. The van der Waals surface area contributed by atoms with Gasteiger partial charge < -0.3 is 0 Å². The van der Waals surface area contributed by atoms with Gasteiger partial charge in [-0.2, -0.15) is 5.26 Å². The Bertz CT molecular complexity index is 153. The highest BCUT2D eigenvalue weighted by Gasteiger charge is 2.28. The Labute approximate surface area is 67.2 Å². The fourth-order valence-electron chi connectivity index (χ4n) is 1.90. The van der Waals surface area contributed by atoms with Gasteiger partial charge in [0.25, 0.3) is 0 Å². The van der Waals surface area contributed by atoms with Crippen LogP contribution < -0.4 is 0 Å². The van der Waals surface area contributed by atoms with Crippen LogP contribution in [0, 0.1) is 23.2 Å². The van der Waals surface area contributed by atoms with Crippen molar-refractivity contribution >= 4 is 0 Å². The summed E-state index contributed by atoms with van der Waals surface area (Å²) in [5, 5.41) is 8.67. The van der Waals surface area contributed by atoms with Crippen molar-refractivity contribution in [1.29, 1.82) is 5.26 Å². The molecule has 0 radical (unpaired) electrons. The minimum atomic E-state index is -0.955. The van der Waals surface area contributed by atoms with Crippen molar-refractivity contribution < 1.29 is 4.39 Å². The van der Waals surface area contributed by atoms with Crippen LogP contribution in [0.3, 0.4) is 0 Å². The second kappa shape index (κ2) is 3.71. The minimum Gasteiger partial charge on any atom is -0.246 e. The molecule has 11 heavy (non-hydrogen) atoms. The highest BCUT2D eigenvalue weighted by atomic mass is 19.1. The first-order chi connectivity index (χ1) is 5.25. The maximum atomic E-state index is 12.8. The fourth-order valence-corrected chi connectivity index (χ4v) is 1.90. The average Bonchev–Trinajstić information content (AvgIpc) is 2.40. The zero-order chi connectivity index (χ0) is 8.27. The van der Waals surface area contributed by atoms with Gasteiger partial charge in [-0.3, -0.25) is 0 Å². The average molecular weight is 155 g/mol. The molecule has 0 saturated heterocycles. The summed E-state index contributed by atoms with van der Waals surface area (Å²) in [4.78, 5) is 0. The lowest BCUT2D eigenvalue weighted by molar-refractivity contribution is 0.228. The summed E-state index contributed by atoms with van der Waals surface area (Å²) in [7, 11) is 0. The smallest absolute Gasteiger partial charge is 0.113 e. The van der Waals surface area contributed by atoms with Crippen molar-refractivity contribution in [1.82, 2.24) is 0 Å². The zero-order valence-electron chi connectivity index (χ0n) is 6.89. The molecule has 0 heterocycles. The van der Waals surface area contributed by atoms with Gasteiger partial charge in [0.1, 0.15) is 6.17 Å². The number of rotatable bonds is 2. The first kappa shape index (κ1) is 8.52. The van der Waals surface area contributed by atoms with Crippen LogP contribution in [0.5, 0.6) is 0 Å². The summed E-state index contributed by atoms with van der Waals surface area (Å²) >= 11 is 0. The normalized spacial score (nSPS) is 24.5. The third-order valence-corrected chi connectivity index (χ3v) is 2.55. The van der Waals surface area contributed by atoms with Gasteiger partial charge in [-0.05, 0) is 25.7 Å². The Morgan fingerprint density at radius 2 is 2.00 bits per heavy atom. The number of nitrogens with zero attached hydrogens (tertiary/aromatic N) is 1. The maximum Gasteiger partial charge on any atom is 0.113 e. The SMILES string of the molecule is CC(F)C(C#N)C1CCCC1. The number of hydrogen-bond donors (Lipinski definition) is 0. The van der Waals surface area contributed by atoms with Crippen LogP contribution in [0.25, 0.3) is 0 Å². The standard InChI is InChI=1S/C9H14FN/c1-7(10)9(6-11)8-4-2-3-5-8/h7-9H,2-5H2,1H3. The monoisotopic (exact) mass is 155 g/mol. The molecule has 0 aromatic carbocycles. The summed E-state index contributed by atoms with van der Waals surface area (Å²) < 4.78 is 12.8. The fraction of sp³-hybridized carbons (Fsp3) is 0.889. The van der Waals surface area contributed by atoms with Gasteiger partial charge in [-0.25, -0.2) is 4.39 Å². The molecule has 1 saturated carbocycles. The summed E-state index contributed by atoms with van der Waals surface area (Å²) in [5.74, 6) is -0.0162. The lowest BCUT2D eigenvalue weighted by Gasteiger charge is -2.16. The Hall–Kier alpha value is -0.580. The Kier molecular flexibility index (Phi) is 2.87. The summed E-state index contributed by atoms with van der Waals surface area (Å²) in [6.07, 6.45) is 3.49. The quantitative estimate of drug-likeness (QED) is 0.601. The van der Waals surface area contributed by atoms with E-state index < -0.39 is 6.17 Å². The molecule has 0 aromatic heterocycles. The molecule has 2 heteroatoms. The molecule has 62 valence electrons. The molecule has 2 atom stereocenters. The van der Waals surface area contributed by atoms with Gasteiger partial charge in [0, 0.05) is 0 Å². The lowest BCUT2D eigenvalue weighted by Crippen LogP contribution is -2.18. The highest BCUT2D eigenvalue weighted by molar-refractivity contribution is 4.93. The molecule has 1 aliphatic carbocycles. The molecule has 1 fully saturated rings. The first-order valence-corrected chi connectivity index (χ1v) is 4.29. The van der Waals surface area contributed by atoms with E-state index in [-0.39, 0.29) is 5.92 Å². The van der Waals surface area contributed by atoms with Gasteiger partial charge >= 0.3 is 0 Å². The lowest BCUT2D eigenvalue weighted by atomic mass is 9.89. The Balaban J connectivity index is 2.48. The van der Waals surface area contributed by atoms with Crippen LogP contribution in [-0.4, -0.2) is 6.17 Å². The van der Waals surface area contributed by atoms with Crippen LogP contribution in [0.2, 0.25) is 0 Å². The van der Waals surface area contributed by atoms with E-state index in [2.05, 4.69) is 6.07 Å². The predicted molar refractivity (Wildman–Crippen MR) is 41.6 cm³/mol. The number of nitriles is 1. The van der Waals surface area contributed by atoms with Gasteiger partial charge in [0.05, 0.1) is 12.0 Å². The zero-order valence-corrected chi connectivity index (χ0v) is 6.89. The first-order valence-electron chi connectivity index (χ1n) is 4.29. The van der Waals surface area contributed by atoms with Crippen LogP contribution in [0.15, 0.2) is 0 Å². The predicted octanol–water partition coefficient (Wildman–Crippen LogP) is 2.67. The third kappa shape index (κ3) is 1.92. The van der Waals surface area contributed by atoms with E-state index in [0.717, 1.165) is 12.8 Å². The molecule has 0 spiro atoms. The Morgan fingerprint density at radius 3 is 2.36 bits per heavy atom. The number of halogens is 1. The van der Waals surface area contributed by atoms with Crippen LogP contribution in [0.4, 0.5) is 4.39 Å². The molecule has 1 nitrogen and oxygen atoms in total. The molecular formula is C9H14FN. The Morgan fingerprint density at radius 1 is 1.45 bits per heavy atom. The van der Waals surface area contributed by atoms with Gasteiger partial charge in [0.15, 0.2) is 0 Å². The van der Waals surface area contributed by atoms with E-state index >= 15 is 0 Å². The van der Waals surface area contributed by atoms with E-state index in [1.807, 2.05) is 0 Å². The van der Waals surface area contributed by atoms with Crippen molar-refractivity contribution in [2.24, 2.45) is 11.8 Å².